The van der Waals surface area contributed by atoms with Gasteiger partial charge in [-0.1, -0.05) is 0 Å². The molecule has 11 heavy (non-hydrogen) atoms. The number of hydrogen-bond acceptors (Lipinski definition) is 3. The second kappa shape index (κ2) is 1.56. The fraction of sp³-hybridized carbons (Fsp3) is 0.125. The summed E-state index contributed by atoms with van der Waals surface area (Å²) in [4.78, 5) is 12.3. The van der Waals surface area contributed by atoms with E-state index in [4.69, 9.17) is 0 Å². The number of rotatable bonds is 0. The predicted molar refractivity (Wildman–Crippen MR) is 40.8 cm³/mol. The van der Waals surface area contributed by atoms with Crippen LogP contribution >= 0.6 is 0 Å². The Morgan fingerprint density at radius 3 is 3.36 bits per heavy atom. The first-order chi connectivity index (χ1) is 5.45. The minimum atomic E-state index is 0.742. The van der Waals surface area contributed by atoms with Crippen molar-refractivity contribution in [2.75, 3.05) is 0 Å². The van der Waals surface area contributed by atoms with E-state index in [0.29, 0.717) is 0 Å². The molecule has 0 spiro atoms. The molecule has 0 saturated heterocycles. The Hall–Kier alpha value is -1.51. The normalized spacial score (nSPS) is 16.0. The molecule has 52 valence electrons. The Bertz CT molecular complexity index is 471. The molecule has 0 fully saturated rings. The van der Waals surface area contributed by atoms with Gasteiger partial charge in [0.2, 0.25) is 0 Å². The first-order valence-corrected chi connectivity index (χ1v) is 3.51. The molecule has 1 aliphatic heterocycles. The summed E-state index contributed by atoms with van der Waals surface area (Å²) >= 11 is 0. The second-order valence-corrected chi connectivity index (χ2v) is 2.66. The lowest BCUT2D eigenvalue weighted by atomic mass is 10.2. The van der Waals surface area contributed by atoms with Crippen molar-refractivity contribution in [3.05, 3.63) is 28.0 Å². The number of hydrogen-bond donors (Lipinski definition) is 0. The highest BCUT2D eigenvalue weighted by Crippen LogP contribution is 2.09. The number of aromatic nitrogens is 1. The fourth-order valence-electron chi connectivity index (χ4n) is 1.31. The molecule has 0 radical (unpaired) electrons. The van der Waals surface area contributed by atoms with Crippen LogP contribution in [0.25, 0.3) is 6.08 Å². The van der Waals surface area contributed by atoms with E-state index in [1.54, 1.807) is 6.34 Å². The summed E-state index contributed by atoms with van der Waals surface area (Å²) in [7, 11) is 0. The van der Waals surface area contributed by atoms with Crippen molar-refractivity contribution < 1.29 is 0 Å². The van der Waals surface area contributed by atoms with E-state index in [1.807, 2.05) is 6.20 Å². The lowest BCUT2D eigenvalue weighted by molar-refractivity contribution is 0.966. The highest BCUT2D eigenvalue weighted by molar-refractivity contribution is 5.69. The van der Waals surface area contributed by atoms with Crippen LogP contribution in [0, 0.1) is 0 Å². The number of aliphatic imine (C=N–C) groups is 1. The maximum atomic E-state index is 4.18. The second-order valence-electron chi connectivity index (χ2n) is 2.66. The average molecular weight is 143 g/mol. The van der Waals surface area contributed by atoms with Crippen molar-refractivity contribution in [3.63, 3.8) is 0 Å². The summed E-state index contributed by atoms with van der Waals surface area (Å²) in [5.41, 5.74) is 3.33. The largest absolute Gasteiger partial charge is 0.268 e. The molecule has 3 nitrogen and oxygen atoms in total. The molecule has 0 amide bonds. The average Bonchev–Trinajstić information content (AvgIpc) is 2.83. The molecule has 0 aromatic carbocycles. The third-order valence-corrected chi connectivity index (χ3v) is 1.96. The van der Waals surface area contributed by atoms with E-state index in [1.165, 1.54) is 16.3 Å². The van der Waals surface area contributed by atoms with Crippen LogP contribution in [-0.2, 0) is 6.54 Å². The van der Waals surface area contributed by atoms with Crippen LogP contribution in [-0.4, -0.2) is 11.3 Å². The van der Waals surface area contributed by atoms with Gasteiger partial charge in [-0.2, -0.15) is 0 Å². The Morgan fingerprint density at radius 2 is 2.36 bits per heavy atom. The monoisotopic (exact) mass is 143 g/mol. The molecule has 0 N–H and O–H groups in total. The molecule has 0 bridgehead atoms. The smallest absolute Gasteiger partial charge is 0.159 e. The van der Waals surface area contributed by atoms with Crippen LogP contribution in [0.5, 0.6) is 0 Å². The molecule has 1 aromatic rings. The molecule has 3 rings (SSSR count). The summed E-state index contributed by atoms with van der Waals surface area (Å²) in [5, 5.41) is 1.25. The molecule has 1 aromatic heterocycles. The van der Waals surface area contributed by atoms with Crippen molar-refractivity contribution in [2.45, 2.75) is 6.54 Å². The Morgan fingerprint density at radius 1 is 1.36 bits per heavy atom. The van der Waals surface area contributed by atoms with Gasteiger partial charge in [-0.15, -0.1) is 0 Å². The van der Waals surface area contributed by atoms with Crippen LogP contribution in [0.15, 0.2) is 16.2 Å². The molecule has 3 heteroatoms. The van der Waals surface area contributed by atoms with Crippen LogP contribution in [0.1, 0.15) is 11.1 Å². The SMILES string of the molecule is C1=NCc2c3c(cnc2=N1)=C3. The predicted octanol–water partition coefficient (Wildman–Crippen LogP) is -0.615. The highest BCUT2D eigenvalue weighted by Gasteiger charge is 2.14. The maximum absolute atomic E-state index is 4.18. The van der Waals surface area contributed by atoms with E-state index in [9.17, 15) is 0 Å². The van der Waals surface area contributed by atoms with Gasteiger partial charge in [0.25, 0.3) is 0 Å². The van der Waals surface area contributed by atoms with Gasteiger partial charge in [0.05, 0.1) is 6.54 Å². The summed E-state index contributed by atoms with van der Waals surface area (Å²) in [5.74, 6) is 0. The van der Waals surface area contributed by atoms with Gasteiger partial charge < -0.3 is 0 Å². The van der Waals surface area contributed by atoms with E-state index >= 15 is 0 Å². The third-order valence-electron chi connectivity index (χ3n) is 1.96. The van der Waals surface area contributed by atoms with Crippen molar-refractivity contribution in [3.8, 4) is 0 Å². The van der Waals surface area contributed by atoms with Crippen molar-refractivity contribution in [1.29, 1.82) is 0 Å². The zero-order chi connectivity index (χ0) is 7.26. The number of fused-ring (bicyclic) bond motifs is 3. The Balaban J connectivity index is 2.45. The van der Waals surface area contributed by atoms with Gasteiger partial charge in [0.1, 0.15) is 6.34 Å². The standard InChI is InChI=1S/C8H5N3/c1-5-2-10-8-7(6(1)5)3-9-4-11-8/h1-2,4H,3H2. The maximum Gasteiger partial charge on any atom is 0.159 e. The Labute approximate surface area is 62.8 Å². The van der Waals surface area contributed by atoms with Crippen LogP contribution in [0.3, 0.4) is 0 Å². The van der Waals surface area contributed by atoms with Crippen LogP contribution in [0.4, 0.5) is 0 Å². The lowest BCUT2D eigenvalue weighted by Gasteiger charge is -1.98. The van der Waals surface area contributed by atoms with E-state index in [0.717, 1.165) is 12.0 Å². The minimum Gasteiger partial charge on any atom is -0.268 e. The number of nitrogens with zero attached hydrogens (tertiary/aromatic N) is 3. The van der Waals surface area contributed by atoms with Gasteiger partial charge in [-0.3, -0.25) is 4.99 Å². The topological polar surface area (TPSA) is 37.6 Å². The van der Waals surface area contributed by atoms with E-state index in [-0.39, 0.29) is 0 Å². The molecule has 0 unspecified atom stereocenters. The van der Waals surface area contributed by atoms with Crippen LogP contribution in [0.2, 0.25) is 0 Å². The zero-order valence-corrected chi connectivity index (χ0v) is 5.78. The van der Waals surface area contributed by atoms with E-state index in [2.05, 4.69) is 21.0 Å². The summed E-state index contributed by atoms with van der Waals surface area (Å²) < 4.78 is 0. The van der Waals surface area contributed by atoms with Gasteiger partial charge in [-0.25, -0.2) is 9.98 Å². The van der Waals surface area contributed by atoms with Crippen molar-refractivity contribution >= 4 is 12.4 Å². The molecular formula is C8H5N3. The first kappa shape index (κ1) is 5.18. The number of pyridine rings is 1. The zero-order valence-electron chi connectivity index (χ0n) is 5.78. The van der Waals surface area contributed by atoms with Gasteiger partial charge >= 0.3 is 0 Å². The van der Waals surface area contributed by atoms with Crippen molar-refractivity contribution in [1.82, 2.24) is 4.98 Å². The fourth-order valence-corrected chi connectivity index (χ4v) is 1.31. The highest BCUT2D eigenvalue weighted by atomic mass is 14.9. The minimum absolute atomic E-state index is 0.742. The molecule has 0 saturated carbocycles. The molecular weight excluding hydrogens is 138 g/mol. The molecule has 0 atom stereocenters. The van der Waals surface area contributed by atoms with Crippen molar-refractivity contribution in [2.24, 2.45) is 9.98 Å². The quantitative estimate of drug-likeness (QED) is 0.484. The molecule has 1 aliphatic carbocycles. The van der Waals surface area contributed by atoms with Gasteiger partial charge in [0, 0.05) is 17.0 Å². The van der Waals surface area contributed by atoms with E-state index < -0.39 is 0 Å². The summed E-state index contributed by atoms with van der Waals surface area (Å²) in [6, 6.07) is 0. The Kier molecular flexibility index (Phi) is 0.733. The van der Waals surface area contributed by atoms with Gasteiger partial charge in [-0.05, 0) is 11.6 Å². The first-order valence-electron chi connectivity index (χ1n) is 3.51. The lowest BCUT2D eigenvalue weighted by Crippen LogP contribution is -2.19. The summed E-state index contributed by atoms with van der Waals surface area (Å²) in [6.45, 7) is 0.742. The van der Waals surface area contributed by atoms with Crippen LogP contribution < -0.4 is 10.7 Å². The third kappa shape index (κ3) is 0.596. The molecule has 2 aliphatic rings. The molecule has 2 heterocycles. The summed E-state index contributed by atoms with van der Waals surface area (Å²) in [6.07, 6.45) is 5.54. The van der Waals surface area contributed by atoms with Gasteiger partial charge in [0.15, 0.2) is 5.49 Å².